The van der Waals surface area contributed by atoms with Gasteiger partial charge in [0, 0.05) is 43.9 Å². The summed E-state index contributed by atoms with van der Waals surface area (Å²) in [5.74, 6) is 2.24. The second-order valence-corrected chi connectivity index (χ2v) is 9.87. The molecule has 0 N–H and O–H groups in total. The molecule has 2 fully saturated rings. The molecule has 0 aliphatic carbocycles. The minimum Gasteiger partial charge on any atom is -0.486 e. The monoisotopic (exact) mass is 494 g/mol. The predicted octanol–water partition coefficient (Wildman–Crippen LogP) is 4.59. The molecule has 0 saturated carbocycles. The lowest BCUT2D eigenvalue weighted by molar-refractivity contribution is 0.141. The molecule has 9 heteroatoms. The van der Waals surface area contributed by atoms with Crippen LogP contribution in [0.5, 0.6) is 5.75 Å². The van der Waals surface area contributed by atoms with Crippen molar-refractivity contribution in [2.45, 2.75) is 38.2 Å². The van der Waals surface area contributed by atoms with Gasteiger partial charge in [0.2, 0.25) is 0 Å². The van der Waals surface area contributed by atoms with Crippen LogP contribution < -0.4 is 15.3 Å². The Morgan fingerprint density at radius 3 is 2.71 bits per heavy atom. The number of nitrogens with zero attached hydrogens (tertiary/aromatic N) is 4. The van der Waals surface area contributed by atoms with Crippen molar-refractivity contribution >= 4 is 39.4 Å². The Hall–Kier alpha value is -3.10. The number of hydrogen-bond acceptors (Lipinski definition) is 7. The van der Waals surface area contributed by atoms with Crippen LogP contribution in [0, 0.1) is 6.92 Å². The fourth-order valence-corrected chi connectivity index (χ4v) is 5.22. The molecule has 1 atom stereocenters. The predicted molar refractivity (Wildman–Crippen MR) is 135 cm³/mol. The minimum atomic E-state index is -0.304. The maximum Gasteiger partial charge on any atom is 0.349 e. The molecule has 0 radical (unpaired) electrons. The number of benzene rings is 2. The molecule has 4 heterocycles. The number of ether oxygens (including phenoxy) is 2. The van der Waals surface area contributed by atoms with E-state index in [1.54, 1.807) is 11.6 Å². The Bertz CT molecular complexity index is 1470. The molecule has 2 aliphatic rings. The first-order valence-electron chi connectivity index (χ1n) is 12.0. The SMILES string of the molecule is Cc1ccc2oc(C3CCN(c4nc(=O)n(C)c5cc(OC6CCOC6)c(Cl)cc45)CC3)nc2c1. The van der Waals surface area contributed by atoms with E-state index < -0.39 is 0 Å². The van der Waals surface area contributed by atoms with Crippen LogP contribution in [0.25, 0.3) is 22.0 Å². The van der Waals surface area contributed by atoms with E-state index in [0.717, 1.165) is 60.2 Å². The largest absolute Gasteiger partial charge is 0.486 e. The van der Waals surface area contributed by atoms with Crippen molar-refractivity contribution in [2.24, 2.45) is 7.05 Å². The molecule has 0 amide bonds. The maximum atomic E-state index is 12.8. The summed E-state index contributed by atoms with van der Waals surface area (Å²) in [5.41, 5.74) is 3.33. The van der Waals surface area contributed by atoms with Crippen molar-refractivity contribution in [1.82, 2.24) is 14.5 Å². The highest BCUT2D eigenvalue weighted by molar-refractivity contribution is 6.33. The van der Waals surface area contributed by atoms with E-state index in [1.807, 2.05) is 24.3 Å². The van der Waals surface area contributed by atoms with Crippen LogP contribution in [0.3, 0.4) is 0 Å². The fraction of sp³-hybridized carbons (Fsp3) is 0.423. The number of oxazole rings is 1. The number of hydrogen-bond donors (Lipinski definition) is 0. The molecule has 2 saturated heterocycles. The molecule has 2 aromatic carbocycles. The highest BCUT2D eigenvalue weighted by Gasteiger charge is 2.27. The molecule has 8 nitrogen and oxygen atoms in total. The Morgan fingerprint density at radius 1 is 1.11 bits per heavy atom. The standard InChI is InChI=1S/C26H27ClN4O4/c1-15-3-4-22-20(11-15)28-25(35-22)16-5-8-31(9-6-16)24-18-12-19(27)23(34-17-7-10-33-14-17)13-21(18)30(2)26(32)29-24/h3-4,11-13,16-17H,5-10,14H2,1-2H3. The first-order chi connectivity index (χ1) is 17.0. The van der Waals surface area contributed by atoms with Crippen molar-refractivity contribution in [3.63, 3.8) is 0 Å². The lowest BCUT2D eigenvalue weighted by Crippen LogP contribution is -2.36. The Morgan fingerprint density at radius 2 is 1.94 bits per heavy atom. The summed E-state index contributed by atoms with van der Waals surface area (Å²) in [6.07, 6.45) is 2.52. The number of fused-ring (bicyclic) bond motifs is 2. The fourth-order valence-electron chi connectivity index (χ4n) is 5.01. The average Bonchev–Trinajstić information content (AvgIpc) is 3.52. The Balaban J connectivity index is 1.28. The van der Waals surface area contributed by atoms with Crippen LogP contribution in [0.15, 0.2) is 39.5 Å². The summed E-state index contributed by atoms with van der Waals surface area (Å²) in [6.45, 7) is 4.77. The van der Waals surface area contributed by atoms with Gasteiger partial charge in [-0.2, -0.15) is 4.98 Å². The first-order valence-corrected chi connectivity index (χ1v) is 12.4. The first kappa shape index (κ1) is 22.4. The van der Waals surface area contributed by atoms with Gasteiger partial charge in [0.1, 0.15) is 23.2 Å². The summed E-state index contributed by atoms with van der Waals surface area (Å²) < 4.78 is 19.1. The third kappa shape index (κ3) is 4.15. The molecule has 182 valence electrons. The quantitative estimate of drug-likeness (QED) is 0.410. The van der Waals surface area contributed by atoms with Gasteiger partial charge in [0.05, 0.1) is 23.8 Å². The van der Waals surface area contributed by atoms with Gasteiger partial charge in [-0.3, -0.25) is 4.57 Å². The smallest absolute Gasteiger partial charge is 0.349 e. The van der Waals surface area contributed by atoms with Gasteiger partial charge in [-0.1, -0.05) is 17.7 Å². The molecule has 0 bridgehead atoms. The van der Waals surface area contributed by atoms with Crippen molar-refractivity contribution in [2.75, 3.05) is 31.2 Å². The van der Waals surface area contributed by atoms with Crippen LogP contribution in [0.1, 0.15) is 36.6 Å². The van der Waals surface area contributed by atoms with Crippen molar-refractivity contribution in [1.29, 1.82) is 0 Å². The van der Waals surface area contributed by atoms with E-state index in [0.29, 0.717) is 29.8 Å². The number of aromatic nitrogens is 3. The molecule has 0 spiro atoms. The number of piperidine rings is 1. The summed E-state index contributed by atoms with van der Waals surface area (Å²) >= 11 is 6.62. The summed E-state index contributed by atoms with van der Waals surface area (Å²) in [7, 11) is 1.72. The number of aryl methyl sites for hydroxylation is 2. The number of rotatable bonds is 4. The zero-order chi connectivity index (χ0) is 24.1. The van der Waals surface area contributed by atoms with Gasteiger partial charge in [-0.15, -0.1) is 0 Å². The Labute approximate surface area is 207 Å². The van der Waals surface area contributed by atoms with E-state index in [-0.39, 0.29) is 17.7 Å². The second kappa shape index (κ2) is 8.84. The topological polar surface area (TPSA) is 82.6 Å². The van der Waals surface area contributed by atoms with E-state index >= 15 is 0 Å². The van der Waals surface area contributed by atoms with Crippen LogP contribution in [0.4, 0.5) is 5.82 Å². The minimum absolute atomic E-state index is 0.0295. The summed E-state index contributed by atoms with van der Waals surface area (Å²) in [4.78, 5) is 24.1. The van der Waals surface area contributed by atoms with Crippen LogP contribution >= 0.6 is 11.6 Å². The van der Waals surface area contributed by atoms with Gasteiger partial charge in [-0.25, -0.2) is 9.78 Å². The third-order valence-electron chi connectivity index (χ3n) is 7.03. The Kier molecular flexibility index (Phi) is 5.65. The average molecular weight is 495 g/mol. The molecule has 4 aromatic rings. The van der Waals surface area contributed by atoms with Crippen molar-refractivity contribution < 1.29 is 13.9 Å². The molecular formula is C26H27ClN4O4. The second-order valence-electron chi connectivity index (χ2n) is 9.46. The third-order valence-corrected chi connectivity index (χ3v) is 7.32. The molecule has 6 rings (SSSR count). The lowest BCUT2D eigenvalue weighted by Gasteiger charge is -2.32. The highest BCUT2D eigenvalue weighted by Crippen LogP contribution is 2.37. The number of anilines is 1. The van der Waals surface area contributed by atoms with Gasteiger partial charge in [-0.05, 0) is 43.5 Å². The van der Waals surface area contributed by atoms with Crippen molar-refractivity contribution in [3.8, 4) is 5.75 Å². The van der Waals surface area contributed by atoms with Gasteiger partial charge in [0.25, 0.3) is 0 Å². The van der Waals surface area contributed by atoms with Crippen LogP contribution in [-0.2, 0) is 11.8 Å². The zero-order valence-corrected chi connectivity index (χ0v) is 20.5. The van der Waals surface area contributed by atoms with Crippen molar-refractivity contribution in [3.05, 3.63) is 57.3 Å². The van der Waals surface area contributed by atoms with E-state index in [9.17, 15) is 4.79 Å². The van der Waals surface area contributed by atoms with Crippen LogP contribution in [-0.4, -0.2) is 46.9 Å². The molecule has 2 aliphatic heterocycles. The van der Waals surface area contributed by atoms with Crippen LogP contribution in [0.2, 0.25) is 5.02 Å². The normalized spacial score (nSPS) is 19.2. The summed E-state index contributed by atoms with van der Waals surface area (Å²) in [5, 5.41) is 1.34. The highest BCUT2D eigenvalue weighted by atomic mass is 35.5. The molecular weight excluding hydrogens is 468 g/mol. The summed E-state index contributed by atoms with van der Waals surface area (Å²) in [6, 6.07) is 9.77. The molecule has 35 heavy (non-hydrogen) atoms. The molecule has 1 unspecified atom stereocenters. The maximum absolute atomic E-state index is 12.8. The van der Waals surface area contributed by atoms with E-state index in [4.69, 9.17) is 30.5 Å². The number of halogens is 1. The lowest BCUT2D eigenvalue weighted by atomic mass is 9.96. The zero-order valence-electron chi connectivity index (χ0n) is 19.8. The van der Waals surface area contributed by atoms with Gasteiger partial charge in [0.15, 0.2) is 11.5 Å². The van der Waals surface area contributed by atoms with Gasteiger partial charge >= 0.3 is 5.69 Å². The van der Waals surface area contributed by atoms with E-state index in [2.05, 4.69) is 22.9 Å². The van der Waals surface area contributed by atoms with E-state index in [1.165, 1.54) is 5.56 Å². The molecule has 2 aromatic heterocycles. The van der Waals surface area contributed by atoms with Gasteiger partial charge < -0.3 is 18.8 Å².